The highest BCUT2D eigenvalue weighted by molar-refractivity contribution is 6.04. The maximum Gasteiger partial charge on any atom is 0.325 e. The van der Waals surface area contributed by atoms with Gasteiger partial charge in [0.25, 0.3) is 5.91 Å². The first-order chi connectivity index (χ1) is 13.0. The topological polar surface area (TPSA) is 112 Å². The van der Waals surface area contributed by atoms with Crippen molar-refractivity contribution >= 4 is 17.8 Å². The molecule has 0 spiro atoms. The summed E-state index contributed by atoms with van der Waals surface area (Å²) in [4.78, 5) is 37.3. The molecule has 0 saturated carbocycles. The van der Waals surface area contributed by atoms with Crippen LogP contribution in [0.2, 0.25) is 0 Å². The fourth-order valence-corrected chi connectivity index (χ4v) is 2.85. The van der Waals surface area contributed by atoms with E-state index < -0.39 is 12.1 Å². The number of imide groups is 1. The number of rotatable bonds is 8. The summed E-state index contributed by atoms with van der Waals surface area (Å²) in [5.74, 6) is 0.187. The minimum absolute atomic E-state index is 0.0764. The summed E-state index contributed by atoms with van der Waals surface area (Å²) in [6.07, 6.45) is 2.50. The fraction of sp³-hybridized carbons (Fsp3) is 0.316. The van der Waals surface area contributed by atoms with E-state index in [1.165, 1.54) is 6.26 Å². The quantitative estimate of drug-likeness (QED) is 0.610. The van der Waals surface area contributed by atoms with Crippen LogP contribution in [-0.4, -0.2) is 40.4 Å². The van der Waals surface area contributed by atoms with Gasteiger partial charge in [0, 0.05) is 13.0 Å². The van der Waals surface area contributed by atoms with Gasteiger partial charge in [-0.15, -0.1) is 0 Å². The number of hydrogen-bond donors (Lipinski definition) is 3. The average molecular weight is 371 g/mol. The maximum atomic E-state index is 12.3. The standard InChI is InChI=1S/C19H21N3O5/c23-14-5-3-13(4-6-14)9-10-20-17(24)8-7-16-18(25)22(19(26)21-16)12-15-2-1-11-27-15/h1-6,11,16,23H,7-10,12H2,(H,20,24)(H,21,26)/t16-/m0/s1. The molecule has 1 fully saturated rings. The number of urea groups is 1. The number of carbonyl (C=O) groups excluding carboxylic acids is 3. The molecular formula is C19H21N3O5. The Morgan fingerprint density at radius 3 is 2.70 bits per heavy atom. The molecule has 3 N–H and O–H groups in total. The number of aromatic hydroxyl groups is 1. The Morgan fingerprint density at radius 2 is 2.00 bits per heavy atom. The number of carbonyl (C=O) groups is 3. The number of nitrogens with zero attached hydrogens (tertiary/aromatic N) is 1. The van der Waals surface area contributed by atoms with Crippen molar-refractivity contribution in [1.29, 1.82) is 0 Å². The molecule has 0 unspecified atom stereocenters. The van der Waals surface area contributed by atoms with E-state index in [9.17, 15) is 19.5 Å². The van der Waals surface area contributed by atoms with Crippen LogP contribution in [0.4, 0.5) is 4.79 Å². The molecule has 1 aliphatic rings. The van der Waals surface area contributed by atoms with Crippen molar-refractivity contribution in [2.45, 2.75) is 31.8 Å². The SMILES string of the molecule is O=C(CC[C@@H]1NC(=O)N(Cc2ccco2)C1=O)NCCc1ccc(O)cc1. The van der Waals surface area contributed by atoms with Crippen LogP contribution in [0.3, 0.4) is 0 Å². The average Bonchev–Trinajstić information content (AvgIpc) is 3.25. The van der Waals surface area contributed by atoms with E-state index in [0.29, 0.717) is 18.7 Å². The fourth-order valence-electron chi connectivity index (χ4n) is 2.85. The minimum Gasteiger partial charge on any atom is -0.508 e. The first-order valence-corrected chi connectivity index (χ1v) is 8.72. The highest BCUT2D eigenvalue weighted by Gasteiger charge is 2.38. The molecule has 0 aliphatic carbocycles. The molecule has 142 valence electrons. The zero-order valence-corrected chi connectivity index (χ0v) is 14.7. The van der Waals surface area contributed by atoms with Gasteiger partial charge >= 0.3 is 6.03 Å². The number of amides is 4. The molecule has 27 heavy (non-hydrogen) atoms. The van der Waals surface area contributed by atoms with E-state index >= 15 is 0 Å². The van der Waals surface area contributed by atoms with E-state index in [-0.39, 0.29) is 37.0 Å². The highest BCUT2D eigenvalue weighted by Crippen LogP contribution is 2.15. The van der Waals surface area contributed by atoms with Gasteiger partial charge in [-0.3, -0.25) is 14.5 Å². The number of benzene rings is 1. The Labute approximate surface area is 156 Å². The summed E-state index contributed by atoms with van der Waals surface area (Å²) >= 11 is 0. The van der Waals surface area contributed by atoms with Crippen LogP contribution >= 0.6 is 0 Å². The van der Waals surface area contributed by atoms with E-state index in [0.717, 1.165) is 10.5 Å². The van der Waals surface area contributed by atoms with Crippen LogP contribution in [0, 0.1) is 0 Å². The van der Waals surface area contributed by atoms with Crippen molar-refractivity contribution < 1.29 is 23.9 Å². The summed E-state index contributed by atoms with van der Waals surface area (Å²) in [5, 5.41) is 14.6. The predicted octanol–water partition coefficient (Wildman–Crippen LogP) is 1.54. The van der Waals surface area contributed by atoms with Gasteiger partial charge in [0.05, 0.1) is 12.8 Å². The minimum atomic E-state index is -0.699. The Hall–Kier alpha value is -3.29. The Bertz CT molecular complexity index is 801. The summed E-state index contributed by atoms with van der Waals surface area (Å²) in [6.45, 7) is 0.534. The van der Waals surface area contributed by atoms with E-state index in [1.54, 1.807) is 36.4 Å². The number of phenolic OH excluding ortho intramolecular Hbond substituents is 1. The van der Waals surface area contributed by atoms with Gasteiger partial charge < -0.3 is 20.2 Å². The van der Waals surface area contributed by atoms with Crippen molar-refractivity contribution in [3.63, 3.8) is 0 Å². The lowest BCUT2D eigenvalue weighted by molar-refractivity contribution is -0.128. The first-order valence-electron chi connectivity index (χ1n) is 8.72. The van der Waals surface area contributed by atoms with Gasteiger partial charge in [0.2, 0.25) is 5.91 Å². The molecule has 1 aromatic heterocycles. The number of phenols is 1. The lowest BCUT2D eigenvalue weighted by atomic mass is 10.1. The molecule has 1 atom stereocenters. The smallest absolute Gasteiger partial charge is 0.325 e. The van der Waals surface area contributed by atoms with Crippen molar-refractivity contribution in [2.24, 2.45) is 0 Å². The zero-order chi connectivity index (χ0) is 19.2. The predicted molar refractivity (Wildman–Crippen MR) is 95.6 cm³/mol. The van der Waals surface area contributed by atoms with Crippen LogP contribution in [-0.2, 0) is 22.6 Å². The van der Waals surface area contributed by atoms with E-state index in [1.807, 2.05) is 0 Å². The summed E-state index contributed by atoms with van der Waals surface area (Å²) in [7, 11) is 0. The van der Waals surface area contributed by atoms with Gasteiger partial charge in [0.1, 0.15) is 17.6 Å². The number of nitrogens with one attached hydrogen (secondary N) is 2. The third-order valence-electron chi connectivity index (χ3n) is 4.33. The summed E-state index contributed by atoms with van der Waals surface area (Å²) < 4.78 is 5.16. The van der Waals surface area contributed by atoms with Crippen LogP contribution < -0.4 is 10.6 Å². The molecule has 2 aromatic rings. The molecule has 8 nitrogen and oxygen atoms in total. The second-order valence-electron chi connectivity index (χ2n) is 6.31. The molecule has 0 radical (unpaired) electrons. The largest absolute Gasteiger partial charge is 0.508 e. The third kappa shape index (κ3) is 4.87. The normalized spacial score (nSPS) is 16.4. The van der Waals surface area contributed by atoms with Crippen molar-refractivity contribution in [3.05, 3.63) is 54.0 Å². The number of hydrogen-bond acceptors (Lipinski definition) is 5. The Kier molecular flexibility index (Phi) is 5.75. The van der Waals surface area contributed by atoms with Crippen LogP contribution in [0.5, 0.6) is 5.75 Å². The third-order valence-corrected chi connectivity index (χ3v) is 4.33. The lowest BCUT2D eigenvalue weighted by Crippen LogP contribution is -2.33. The molecule has 0 bridgehead atoms. The van der Waals surface area contributed by atoms with Gasteiger partial charge in [0.15, 0.2) is 0 Å². The maximum absolute atomic E-state index is 12.3. The molecule has 4 amide bonds. The first kappa shape index (κ1) is 18.5. The monoisotopic (exact) mass is 371 g/mol. The summed E-state index contributed by atoms with van der Waals surface area (Å²) in [6, 6.07) is 8.98. The van der Waals surface area contributed by atoms with Crippen LogP contribution in [0.1, 0.15) is 24.2 Å². The van der Waals surface area contributed by atoms with Crippen LogP contribution in [0.25, 0.3) is 0 Å². The van der Waals surface area contributed by atoms with Crippen molar-refractivity contribution in [3.8, 4) is 5.75 Å². The van der Waals surface area contributed by atoms with Gasteiger partial charge in [-0.05, 0) is 42.7 Å². The van der Waals surface area contributed by atoms with Crippen LogP contribution in [0.15, 0.2) is 47.1 Å². The molecule has 8 heteroatoms. The van der Waals surface area contributed by atoms with Gasteiger partial charge in [-0.1, -0.05) is 12.1 Å². The van der Waals surface area contributed by atoms with Crippen molar-refractivity contribution in [2.75, 3.05) is 6.54 Å². The molecule has 3 rings (SSSR count). The lowest BCUT2D eigenvalue weighted by Gasteiger charge is -2.11. The Morgan fingerprint density at radius 1 is 1.22 bits per heavy atom. The molecule has 1 saturated heterocycles. The summed E-state index contributed by atoms with van der Waals surface area (Å²) in [5.41, 5.74) is 1.000. The second kappa shape index (κ2) is 8.39. The van der Waals surface area contributed by atoms with Crippen molar-refractivity contribution in [1.82, 2.24) is 15.5 Å². The Balaban J connectivity index is 1.40. The van der Waals surface area contributed by atoms with Gasteiger partial charge in [-0.2, -0.15) is 0 Å². The van der Waals surface area contributed by atoms with E-state index in [2.05, 4.69) is 10.6 Å². The second-order valence-corrected chi connectivity index (χ2v) is 6.31. The zero-order valence-electron chi connectivity index (χ0n) is 14.7. The van der Waals surface area contributed by atoms with Gasteiger partial charge in [-0.25, -0.2) is 4.79 Å². The number of furan rings is 1. The highest BCUT2D eigenvalue weighted by atomic mass is 16.3. The van der Waals surface area contributed by atoms with E-state index in [4.69, 9.17) is 4.42 Å². The molecule has 1 aromatic carbocycles. The molecule has 2 heterocycles. The molecular weight excluding hydrogens is 350 g/mol. The molecule has 1 aliphatic heterocycles.